The average Bonchev–Trinajstić information content (AvgIpc) is 3.52. The molecule has 8 nitrogen and oxygen atoms in total. The SMILES string of the molecule is C.CCCc1nc(C)c(-c2ccc3c(c2)CC(C)(C)O3)c(=O)n1Cc1ccc(-c2ccccc2-c2noc([O-])n2)cc1. The summed E-state index contributed by atoms with van der Waals surface area (Å²) in [5.74, 6) is 1.91. The van der Waals surface area contributed by atoms with Gasteiger partial charge in [-0.15, -0.1) is 0 Å². The topological polar surface area (TPSA) is 106 Å². The molecule has 8 heteroatoms. The van der Waals surface area contributed by atoms with E-state index < -0.39 is 6.08 Å². The van der Waals surface area contributed by atoms with Gasteiger partial charge in [0.25, 0.3) is 5.56 Å². The molecule has 216 valence electrons. The van der Waals surface area contributed by atoms with E-state index in [0.717, 1.165) is 57.9 Å². The van der Waals surface area contributed by atoms with E-state index in [1.54, 1.807) is 4.57 Å². The van der Waals surface area contributed by atoms with Crippen LogP contribution < -0.4 is 15.4 Å². The van der Waals surface area contributed by atoms with Crippen molar-refractivity contribution in [3.05, 3.63) is 99.7 Å². The quantitative estimate of drug-likeness (QED) is 0.227. The molecule has 0 N–H and O–H groups in total. The number of aryl methyl sites for hydroxylation is 2. The number of nitrogens with zero attached hydrogens (tertiary/aromatic N) is 4. The van der Waals surface area contributed by atoms with Crippen molar-refractivity contribution in [1.82, 2.24) is 19.7 Å². The molecule has 0 unspecified atom stereocenters. The van der Waals surface area contributed by atoms with Crippen LogP contribution in [0, 0.1) is 6.92 Å². The molecule has 1 aliphatic rings. The zero-order chi connectivity index (χ0) is 28.7. The Morgan fingerprint density at radius 1 is 0.976 bits per heavy atom. The predicted octanol–water partition coefficient (Wildman–Crippen LogP) is 6.36. The van der Waals surface area contributed by atoms with Gasteiger partial charge in [-0.05, 0) is 67.1 Å². The molecule has 0 saturated carbocycles. The summed E-state index contributed by atoms with van der Waals surface area (Å²) < 4.78 is 12.5. The summed E-state index contributed by atoms with van der Waals surface area (Å²) in [5.41, 5.74) is 6.56. The fourth-order valence-electron chi connectivity index (χ4n) is 5.61. The lowest BCUT2D eigenvalue weighted by Gasteiger charge is -2.17. The lowest BCUT2D eigenvalue weighted by Crippen LogP contribution is -2.28. The molecule has 2 aromatic heterocycles. The Morgan fingerprint density at radius 2 is 1.69 bits per heavy atom. The van der Waals surface area contributed by atoms with E-state index in [0.29, 0.717) is 24.1 Å². The van der Waals surface area contributed by atoms with Crippen LogP contribution in [0.3, 0.4) is 0 Å². The van der Waals surface area contributed by atoms with E-state index in [4.69, 9.17) is 9.72 Å². The lowest BCUT2D eigenvalue weighted by molar-refractivity contribution is -0.303. The zero-order valence-corrected chi connectivity index (χ0v) is 23.6. The van der Waals surface area contributed by atoms with Crippen LogP contribution in [0.5, 0.6) is 11.8 Å². The van der Waals surface area contributed by atoms with Crippen LogP contribution in [0.25, 0.3) is 33.6 Å². The molecule has 0 bridgehead atoms. The van der Waals surface area contributed by atoms with Gasteiger partial charge in [0.05, 0.1) is 17.8 Å². The molecule has 0 atom stereocenters. The Balaban J connectivity index is 0.00000353. The van der Waals surface area contributed by atoms with Crippen molar-refractivity contribution < 1.29 is 14.4 Å². The van der Waals surface area contributed by atoms with Crippen molar-refractivity contribution in [1.29, 1.82) is 0 Å². The van der Waals surface area contributed by atoms with Crippen LogP contribution in [0.2, 0.25) is 0 Å². The molecule has 1 aliphatic heterocycles. The Bertz CT molecular complexity index is 1800. The summed E-state index contributed by atoms with van der Waals surface area (Å²) in [4.78, 5) is 22.8. The van der Waals surface area contributed by atoms with E-state index in [2.05, 4.69) is 41.5 Å². The largest absolute Gasteiger partial charge is 0.528 e. The molecule has 42 heavy (non-hydrogen) atoms. The molecule has 3 heterocycles. The summed E-state index contributed by atoms with van der Waals surface area (Å²) in [6.07, 6.45) is 1.67. The fourth-order valence-corrected chi connectivity index (χ4v) is 5.61. The highest BCUT2D eigenvalue weighted by Crippen LogP contribution is 2.37. The first-order chi connectivity index (χ1) is 19.7. The van der Waals surface area contributed by atoms with Gasteiger partial charge in [0, 0.05) is 18.4 Å². The summed E-state index contributed by atoms with van der Waals surface area (Å²) in [7, 11) is 0. The molecule has 0 saturated heterocycles. The molecule has 3 aromatic carbocycles. The van der Waals surface area contributed by atoms with Gasteiger partial charge in [-0.25, -0.2) is 9.97 Å². The molecule has 0 aliphatic carbocycles. The number of aromatic nitrogens is 4. The van der Waals surface area contributed by atoms with Gasteiger partial charge in [-0.1, -0.05) is 68.9 Å². The Hall–Kier alpha value is -4.72. The van der Waals surface area contributed by atoms with Crippen LogP contribution in [0.15, 0.2) is 76.0 Å². The summed E-state index contributed by atoms with van der Waals surface area (Å²) in [6, 6.07) is 21.6. The van der Waals surface area contributed by atoms with E-state index >= 15 is 0 Å². The number of benzene rings is 3. The van der Waals surface area contributed by atoms with Crippen molar-refractivity contribution in [2.45, 2.75) is 66.5 Å². The normalized spacial score (nSPS) is 13.3. The van der Waals surface area contributed by atoms with E-state index in [1.807, 2.05) is 67.6 Å². The number of ether oxygens (including phenoxy) is 1. The van der Waals surface area contributed by atoms with Gasteiger partial charge < -0.3 is 14.4 Å². The van der Waals surface area contributed by atoms with Crippen LogP contribution in [0.4, 0.5) is 0 Å². The highest BCUT2D eigenvalue weighted by atomic mass is 16.6. The predicted molar refractivity (Wildman–Crippen MR) is 162 cm³/mol. The number of hydrogen-bond donors (Lipinski definition) is 0. The second kappa shape index (κ2) is 11.3. The van der Waals surface area contributed by atoms with Crippen molar-refractivity contribution in [3.8, 4) is 45.5 Å². The summed E-state index contributed by atoms with van der Waals surface area (Å²) in [6.45, 7) is 8.56. The first-order valence-corrected chi connectivity index (χ1v) is 13.8. The standard InChI is InChI=1S/C33H32N4O4.CH4/c1-5-8-28-34-20(2)29(23-15-16-27-24(17-23)18-33(3,4)40-27)31(38)37(28)19-21-11-13-22(14-12-21)25-9-6-7-10-26(25)30-35-32(39)41-36-30;/h6-7,9-17H,5,8,18-19H2,1-4H3,(H,35,36,39);1H4/p-1. The molecule has 6 rings (SSSR count). The highest BCUT2D eigenvalue weighted by Gasteiger charge is 2.30. The third kappa shape index (κ3) is 5.44. The zero-order valence-electron chi connectivity index (χ0n) is 23.6. The minimum absolute atomic E-state index is 0. The van der Waals surface area contributed by atoms with Crippen LogP contribution in [0.1, 0.15) is 57.3 Å². The van der Waals surface area contributed by atoms with Crippen LogP contribution in [-0.4, -0.2) is 25.3 Å². The average molecular weight is 564 g/mol. The highest BCUT2D eigenvalue weighted by molar-refractivity contribution is 5.80. The number of rotatable bonds is 7. The first kappa shape index (κ1) is 28.8. The molecule has 5 aromatic rings. The van der Waals surface area contributed by atoms with Crippen molar-refractivity contribution in [3.63, 3.8) is 0 Å². The second-order valence-corrected chi connectivity index (χ2v) is 11.1. The van der Waals surface area contributed by atoms with Crippen molar-refractivity contribution >= 4 is 0 Å². The minimum atomic E-state index is -0.721. The Labute approximate surface area is 245 Å². The first-order valence-electron chi connectivity index (χ1n) is 13.8. The molecule has 0 fully saturated rings. The molecule has 0 spiro atoms. The van der Waals surface area contributed by atoms with Gasteiger partial charge in [-0.2, -0.15) is 5.16 Å². The molecule has 0 radical (unpaired) electrons. The van der Waals surface area contributed by atoms with Crippen molar-refractivity contribution in [2.24, 2.45) is 0 Å². The number of hydrogen-bond acceptors (Lipinski definition) is 7. The maximum Gasteiger partial charge on any atom is 0.261 e. The Kier molecular flexibility index (Phi) is 7.73. The third-order valence-corrected chi connectivity index (χ3v) is 7.44. The summed E-state index contributed by atoms with van der Waals surface area (Å²) >= 11 is 0. The smallest absolute Gasteiger partial charge is 0.261 e. The van der Waals surface area contributed by atoms with Crippen LogP contribution >= 0.6 is 0 Å². The maximum absolute atomic E-state index is 14.1. The minimum Gasteiger partial charge on any atom is -0.528 e. The van der Waals surface area contributed by atoms with Gasteiger partial charge in [0.2, 0.25) is 0 Å². The van der Waals surface area contributed by atoms with E-state index in [-0.39, 0.29) is 24.4 Å². The van der Waals surface area contributed by atoms with Crippen LogP contribution in [-0.2, 0) is 19.4 Å². The molecule has 0 amide bonds. The van der Waals surface area contributed by atoms with E-state index in [1.165, 1.54) is 0 Å². The maximum atomic E-state index is 14.1. The second-order valence-electron chi connectivity index (χ2n) is 11.1. The van der Waals surface area contributed by atoms with Gasteiger partial charge in [0.15, 0.2) is 11.9 Å². The lowest BCUT2D eigenvalue weighted by atomic mass is 9.97. The van der Waals surface area contributed by atoms with Crippen molar-refractivity contribution in [2.75, 3.05) is 0 Å². The molecular weight excluding hydrogens is 528 g/mol. The number of fused-ring (bicyclic) bond motifs is 1. The van der Waals surface area contributed by atoms with E-state index in [9.17, 15) is 9.90 Å². The molecular formula is C34H35N4O4-. The van der Waals surface area contributed by atoms with Gasteiger partial charge in [-0.3, -0.25) is 9.36 Å². The van der Waals surface area contributed by atoms with Gasteiger partial charge in [0.1, 0.15) is 17.2 Å². The summed E-state index contributed by atoms with van der Waals surface area (Å²) in [5, 5.41) is 15.3. The monoisotopic (exact) mass is 563 g/mol. The Morgan fingerprint density at radius 3 is 2.38 bits per heavy atom. The fraction of sp³-hybridized carbons (Fsp3) is 0.294. The third-order valence-electron chi connectivity index (χ3n) is 7.44. The van der Waals surface area contributed by atoms with Gasteiger partial charge >= 0.3 is 0 Å².